The average molecular weight is 465 g/mol. The lowest BCUT2D eigenvalue weighted by atomic mass is 10.2. The Morgan fingerprint density at radius 3 is 2.52 bits per heavy atom. The second kappa shape index (κ2) is 7.81. The number of hydrogen-bond donors (Lipinski definition) is 1. The number of halogens is 2. The van der Waals surface area contributed by atoms with E-state index in [-0.39, 0.29) is 5.56 Å². The number of nitrogens with one attached hydrogen (secondary N) is 1. The minimum absolute atomic E-state index is 0.120. The predicted octanol–water partition coefficient (Wildman–Crippen LogP) is 4.86. The van der Waals surface area contributed by atoms with Gasteiger partial charge in [-0.15, -0.1) is 0 Å². The quantitative estimate of drug-likeness (QED) is 0.586. The first-order valence-corrected chi connectivity index (χ1v) is 9.68. The molecule has 0 fully saturated rings. The summed E-state index contributed by atoms with van der Waals surface area (Å²) >= 11 is 6.92. The Kier molecular flexibility index (Phi) is 5.71. The van der Waals surface area contributed by atoms with Gasteiger partial charge in [-0.1, -0.05) is 46.3 Å². The fourth-order valence-corrected chi connectivity index (χ4v) is 4.03. The first-order chi connectivity index (χ1) is 11.9. The van der Waals surface area contributed by atoms with E-state index in [0.717, 1.165) is 15.5 Å². The Morgan fingerprint density at radius 1 is 1.12 bits per heavy atom. The van der Waals surface area contributed by atoms with Crippen LogP contribution in [0.1, 0.15) is 25.2 Å². The minimum atomic E-state index is -0.120. The number of rotatable bonds is 5. The van der Waals surface area contributed by atoms with Gasteiger partial charge >= 0.3 is 0 Å². The molecule has 4 nitrogen and oxygen atoms in total. The van der Waals surface area contributed by atoms with Gasteiger partial charge in [0.1, 0.15) is 5.82 Å². The molecule has 1 aromatic heterocycles. The Balaban J connectivity index is 1.93. The summed E-state index contributed by atoms with van der Waals surface area (Å²) in [6, 6.07) is 14.3. The van der Waals surface area contributed by atoms with Gasteiger partial charge in [-0.2, -0.15) is 0 Å². The molecule has 1 N–H and O–H groups in total. The van der Waals surface area contributed by atoms with Gasteiger partial charge in [-0.25, -0.2) is 4.98 Å². The molecule has 25 heavy (non-hydrogen) atoms. The molecule has 6 heteroatoms. The van der Waals surface area contributed by atoms with Crippen molar-refractivity contribution in [2.45, 2.75) is 33.0 Å². The fourth-order valence-electron chi connectivity index (χ4n) is 2.72. The van der Waals surface area contributed by atoms with Crippen molar-refractivity contribution in [1.29, 1.82) is 0 Å². The summed E-state index contributed by atoms with van der Waals surface area (Å²) in [6.07, 6.45) is 0. The second-order valence-corrected chi connectivity index (χ2v) is 8.05. The van der Waals surface area contributed by atoms with Crippen molar-refractivity contribution in [3.8, 4) is 0 Å². The Hall–Kier alpha value is -1.50. The molecule has 130 valence electrons. The molecule has 0 amide bonds. The van der Waals surface area contributed by atoms with Gasteiger partial charge in [0.05, 0.1) is 17.4 Å². The molecule has 0 aliphatic rings. The Morgan fingerprint density at radius 2 is 1.84 bits per heavy atom. The molecule has 0 saturated carbocycles. The van der Waals surface area contributed by atoms with E-state index in [1.807, 2.05) is 24.3 Å². The van der Waals surface area contributed by atoms with E-state index >= 15 is 0 Å². The third kappa shape index (κ3) is 4.37. The molecule has 0 aliphatic carbocycles. The maximum atomic E-state index is 12.5. The van der Waals surface area contributed by atoms with Crippen LogP contribution in [0.3, 0.4) is 0 Å². The topological polar surface area (TPSA) is 49.0 Å². The van der Waals surface area contributed by atoms with E-state index < -0.39 is 0 Å². The van der Waals surface area contributed by atoms with Crippen LogP contribution in [-0.2, 0) is 13.1 Å². The highest BCUT2D eigenvalue weighted by atomic mass is 79.9. The molecule has 0 radical (unpaired) electrons. The van der Waals surface area contributed by atoms with Crippen molar-refractivity contribution in [2.75, 3.05) is 0 Å². The second-order valence-electron chi connectivity index (χ2n) is 6.28. The van der Waals surface area contributed by atoms with Crippen LogP contribution >= 0.6 is 31.9 Å². The molecule has 1 heterocycles. The van der Waals surface area contributed by atoms with Crippen LogP contribution in [0, 0.1) is 0 Å². The first-order valence-electron chi connectivity index (χ1n) is 8.10. The first kappa shape index (κ1) is 18.3. The van der Waals surface area contributed by atoms with Crippen molar-refractivity contribution in [3.05, 3.63) is 73.2 Å². The molecular weight excluding hydrogens is 446 g/mol. The summed E-state index contributed by atoms with van der Waals surface area (Å²) in [4.78, 5) is 22.3. The van der Waals surface area contributed by atoms with Crippen LogP contribution < -0.4 is 5.56 Å². The van der Waals surface area contributed by atoms with E-state index in [1.165, 1.54) is 5.56 Å². The van der Waals surface area contributed by atoms with Gasteiger partial charge in [0, 0.05) is 21.5 Å². The van der Waals surface area contributed by atoms with E-state index in [1.54, 1.807) is 6.07 Å². The predicted molar refractivity (Wildman–Crippen MR) is 109 cm³/mol. The van der Waals surface area contributed by atoms with E-state index in [2.05, 4.69) is 72.7 Å². The summed E-state index contributed by atoms with van der Waals surface area (Å²) < 4.78 is 1.66. The highest BCUT2D eigenvalue weighted by Crippen LogP contribution is 2.25. The van der Waals surface area contributed by atoms with Gasteiger partial charge in [0.25, 0.3) is 5.56 Å². The number of benzene rings is 2. The normalized spacial score (nSPS) is 11.6. The maximum absolute atomic E-state index is 12.5. The summed E-state index contributed by atoms with van der Waals surface area (Å²) in [5.74, 6) is 0.671. The lowest BCUT2D eigenvalue weighted by Gasteiger charge is -2.26. The largest absolute Gasteiger partial charge is 0.309 e. The van der Waals surface area contributed by atoms with Crippen LogP contribution in [0.5, 0.6) is 0 Å². The standard InChI is InChI=1S/C19H19Br2N3O/c1-12(2)24(10-13-6-4-3-5-7-13)11-17-22-18-15(19(25)23-17)8-14(20)9-16(18)21/h3-9,12H,10-11H2,1-2H3,(H,22,23,25). The van der Waals surface area contributed by atoms with Gasteiger partial charge in [-0.05, 0) is 47.5 Å². The van der Waals surface area contributed by atoms with Crippen molar-refractivity contribution in [3.63, 3.8) is 0 Å². The Labute approximate surface area is 163 Å². The maximum Gasteiger partial charge on any atom is 0.258 e. The summed E-state index contributed by atoms with van der Waals surface area (Å²) in [7, 11) is 0. The molecule has 0 atom stereocenters. The van der Waals surface area contributed by atoms with Gasteiger partial charge in [0.2, 0.25) is 0 Å². The van der Waals surface area contributed by atoms with Crippen molar-refractivity contribution >= 4 is 42.8 Å². The van der Waals surface area contributed by atoms with Crippen molar-refractivity contribution in [1.82, 2.24) is 14.9 Å². The zero-order valence-electron chi connectivity index (χ0n) is 14.1. The van der Waals surface area contributed by atoms with Crippen molar-refractivity contribution < 1.29 is 0 Å². The van der Waals surface area contributed by atoms with Crippen LogP contribution in [-0.4, -0.2) is 20.9 Å². The highest BCUT2D eigenvalue weighted by molar-refractivity contribution is 9.11. The third-order valence-corrected chi connectivity index (χ3v) is 5.15. The van der Waals surface area contributed by atoms with Gasteiger partial charge in [0.15, 0.2) is 0 Å². The van der Waals surface area contributed by atoms with Crippen LogP contribution in [0.15, 0.2) is 56.2 Å². The Bertz CT molecular complexity index is 939. The summed E-state index contributed by atoms with van der Waals surface area (Å²) in [5, 5.41) is 0.573. The summed E-state index contributed by atoms with van der Waals surface area (Å²) in [5.41, 5.74) is 1.81. The van der Waals surface area contributed by atoms with Crippen LogP contribution in [0.4, 0.5) is 0 Å². The lowest BCUT2D eigenvalue weighted by molar-refractivity contribution is 0.198. The highest BCUT2D eigenvalue weighted by Gasteiger charge is 2.14. The lowest BCUT2D eigenvalue weighted by Crippen LogP contribution is -2.31. The molecule has 0 spiro atoms. The third-order valence-electron chi connectivity index (χ3n) is 4.09. The summed E-state index contributed by atoms with van der Waals surface area (Å²) in [6.45, 7) is 5.69. The van der Waals surface area contributed by atoms with E-state index in [0.29, 0.717) is 29.3 Å². The zero-order valence-corrected chi connectivity index (χ0v) is 17.3. The zero-order chi connectivity index (χ0) is 18.0. The molecule has 3 rings (SSSR count). The van der Waals surface area contributed by atoms with Crippen LogP contribution in [0.25, 0.3) is 10.9 Å². The molecule has 0 bridgehead atoms. The van der Waals surface area contributed by atoms with Gasteiger partial charge < -0.3 is 4.98 Å². The van der Waals surface area contributed by atoms with Gasteiger partial charge in [-0.3, -0.25) is 9.69 Å². The van der Waals surface area contributed by atoms with Crippen molar-refractivity contribution in [2.24, 2.45) is 0 Å². The number of hydrogen-bond acceptors (Lipinski definition) is 3. The van der Waals surface area contributed by atoms with E-state index in [9.17, 15) is 4.79 Å². The fraction of sp³-hybridized carbons (Fsp3) is 0.263. The van der Waals surface area contributed by atoms with Crippen LogP contribution in [0.2, 0.25) is 0 Å². The molecule has 2 aromatic carbocycles. The monoisotopic (exact) mass is 463 g/mol. The molecular formula is C19H19Br2N3O. The minimum Gasteiger partial charge on any atom is -0.309 e. The molecule has 0 saturated heterocycles. The molecule has 0 aliphatic heterocycles. The number of H-pyrrole nitrogens is 1. The molecule has 3 aromatic rings. The SMILES string of the molecule is CC(C)N(Cc1ccccc1)Cc1nc2c(Br)cc(Br)cc2c(=O)[nH]1. The number of aromatic amines is 1. The smallest absolute Gasteiger partial charge is 0.258 e. The number of nitrogens with zero attached hydrogens (tertiary/aromatic N) is 2. The number of aromatic nitrogens is 2. The number of fused-ring (bicyclic) bond motifs is 1. The molecule has 0 unspecified atom stereocenters. The average Bonchev–Trinajstić information content (AvgIpc) is 2.56. The van der Waals surface area contributed by atoms with E-state index in [4.69, 9.17) is 0 Å².